The van der Waals surface area contributed by atoms with Crippen molar-refractivity contribution >= 4 is 17.6 Å². The summed E-state index contributed by atoms with van der Waals surface area (Å²) in [5.74, 6) is 0.424. The van der Waals surface area contributed by atoms with Crippen molar-refractivity contribution in [2.75, 3.05) is 25.0 Å². The minimum absolute atomic E-state index is 0.0194. The molecular formula is C23H29N3O2. The van der Waals surface area contributed by atoms with Gasteiger partial charge in [0.2, 0.25) is 5.91 Å². The van der Waals surface area contributed by atoms with E-state index in [1.165, 1.54) is 5.56 Å². The van der Waals surface area contributed by atoms with Crippen LogP contribution in [0.3, 0.4) is 0 Å². The van der Waals surface area contributed by atoms with E-state index in [9.17, 15) is 9.59 Å². The lowest BCUT2D eigenvalue weighted by atomic mass is 9.94. The van der Waals surface area contributed by atoms with Gasteiger partial charge in [0.15, 0.2) is 0 Å². The van der Waals surface area contributed by atoms with Crippen molar-refractivity contribution < 1.29 is 9.59 Å². The summed E-state index contributed by atoms with van der Waals surface area (Å²) in [6, 6.07) is 19.7. The maximum absolute atomic E-state index is 12.6. The Bertz CT molecular complexity index is 756. The smallest absolute Gasteiger partial charge is 0.321 e. The lowest BCUT2D eigenvalue weighted by molar-refractivity contribution is -0.126. The first-order valence-electron chi connectivity index (χ1n) is 10.1. The van der Waals surface area contributed by atoms with Crippen molar-refractivity contribution in [3.05, 3.63) is 66.2 Å². The molecule has 1 unspecified atom stereocenters. The van der Waals surface area contributed by atoms with Gasteiger partial charge in [-0.3, -0.25) is 4.79 Å². The van der Waals surface area contributed by atoms with Crippen molar-refractivity contribution in [1.82, 2.24) is 10.2 Å². The number of nitrogens with one attached hydrogen (secondary N) is 2. The number of carbonyl (C=O) groups is 2. The molecule has 0 radical (unpaired) electrons. The molecule has 0 spiro atoms. The summed E-state index contributed by atoms with van der Waals surface area (Å²) in [6.07, 6.45) is 2.40. The van der Waals surface area contributed by atoms with Gasteiger partial charge in [-0.1, -0.05) is 55.5 Å². The summed E-state index contributed by atoms with van der Waals surface area (Å²) in [7, 11) is 0. The molecule has 1 atom stereocenters. The van der Waals surface area contributed by atoms with Crippen LogP contribution in [0.4, 0.5) is 10.5 Å². The van der Waals surface area contributed by atoms with Crippen molar-refractivity contribution in [1.29, 1.82) is 0 Å². The molecular weight excluding hydrogens is 350 g/mol. The van der Waals surface area contributed by atoms with Gasteiger partial charge in [0.1, 0.15) is 0 Å². The van der Waals surface area contributed by atoms with Gasteiger partial charge in [-0.2, -0.15) is 0 Å². The highest BCUT2D eigenvalue weighted by Crippen LogP contribution is 2.21. The Morgan fingerprint density at radius 2 is 1.61 bits per heavy atom. The van der Waals surface area contributed by atoms with E-state index in [4.69, 9.17) is 0 Å². The molecule has 1 fully saturated rings. The van der Waals surface area contributed by atoms with Gasteiger partial charge < -0.3 is 15.5 Å². The quantitative estimate of drug-likeness (QED) is 0.789. The highest BCUT2D eigenvalue weighted by atomic mass is 16.2. The van der Waals surface area contributed by atoms with Gasteiger partial charge in [0, 0.05) is 37.2 Å². The van der Waals surface area contributed by atoms with Crippen LogP contribution in [0.2, 0.25) is 0 Å². The highest BCUT2D eigenvalue weighted by Gasteiger charge is 2.27. The molecule has 0 bridgehead atoms. The van der Waals surface area contributed by atoms with Gasteiger partial charge in [-0.05, 0) is 37.0 Å². The molecule has 3 rings (SSSR count). The lowest BCUT2D eigenvalue weighted by Crippen LogP contribution is -2.45. The molecule has 1 aliphatic rings. The van der Waals surface area contributed by atoms with Gasteiger partial charge in [-0.15, -0.1) is 0 Å². The molecule has 1 saturated heterocycles. The molecule has 148 valence electrons. The van der Waals surface area contributed by atoms with Crippen LogP contribution in [0.5, 0.6) is 0 Å². The Hall–Kier alpha value is -2.82. The third kappa shape index (κ3) is 5.35. The Balaban J connectivity index is 1.44. The number of benzene rings is 2. The molecule has 5 nitrogen and oxygen atoms in total. The summed E-state index contributed by atoms with van der Waals surface area (Å²) < 4.78 is 0. The van der Waals surface area contributed by atoms with Crippen molar-refractivity contribution in [3.63, 3.8) is 0 Å². The van der Waals surface area contributed by atoms with Crippen molar-refractivity contribution in [2.45, 2.75) is 32.1 Å². The monoisotopic (exact) mass is 379 g/mol. The van der Waals surface area contributed by atoms with Crippen LogP contribution in [0, 0.1) is 5.92 Å². The average Bonchev–Trinajstić information content (AvgIpc) is 2.75. The molecule has 2 aromatic carbocycles. The molecule has 0 saturated carbocycles. The predicted octanol–water partition coefficient (Wildman–Crippen LogP) is 4.24. The molecule has 3 amide bonds. The number of carbonyl (C=O) groups excluding carboxylic acids is 2. The lowest BCUT2D eigenvalue weighted by Gasteiger charge is -2.31. The second-order valence-electron chi connectivity index (χ2n) is 7.32. The summed E-state index contributed by atoms with van der Waals surface area (Å²) in [6.45, 7) is 4.01. The molecule has 0 aromatic heterocycles. The number of anilines is 1. The van der Waals surface area contributed by atoms with Crippen molar-refractivity contribution in [2.24, 2.45) is 5.92 Å². The fraction of sp³-hybridized carbons (Fsp3) is 0.391. The number of urea groups is 1. The number of piperidine rings is 1. The van der Waals surface area contributed by atoms with Crippen molar-refractivity contribution in [3.8, 4) is 0 Å². The van der Waals surface area contributed by atoms with Gasteiger partial charge in [0.25, 0.3) is 0 Å². The van der Waals surface area contributed by atoms with E-state index < -0.39 is 0 Å². The average molecular weight is 380 g/mol. The minimum Gasteiger partial charge on any atom is -0.355 e. The minimum atomic E-state index is -0.0971. The molecule has 0 aliphatic carbocycles. The first-order chi connectivity index (χ1) is 13.7. The number of hydrogen-bond donors (Lipinski definition) is 2. The van der Waals surface area contributed by atoms with E-state index in [0.29, 0.717) is 38.4 Å². The third-order valence-electron chi connectivity index (χ3n) is 5.46. The summed E-state index contributed by atoms with van der Waals surface area (Å²) in [4.78, 5) is 26.7. The van der Waals surface area contributed by atoms with E-state index >= 15 is 0 Å². The summed E-state index contributed by atoms with van der Waals surface area (Å²) >= 11 is 0. The number of hydrogen-bond acceptors (Lipinski definition) is 2. The third-order valence-corrected chi connectivity index (χ3v) is 5.46. The number of likely N-dealkylation sites (tertiary alicyclic amines) is 1. The Morgan fingerprint density at radius 3 is 2.21 bits per heavy atom. The number of para-hydroxylation sites is 1. The van der Waals surface area contributed by atoms with E-state index in [1.54, 1.807) is 4.90 Å². The normalized spacial score (nSPS) is 15.7. The van der Waals surface area contributed by atoms with Crippen LogP contribution in [0.25, 0.3) is 0 Å². The highest BCUT2D eigenvalue weighted by molar-refractivity contribution is 5.89. The van der Waals surface area contributed by atoms with Crippen LogP contribution in [0.15, 0.2) is 60.7 Å². The summed E-state index contributed by atoms with van der Waals surface area (Å²) in [5, 5.41) is 6.04. The van der Waals surface area contributed by atoms with Crippen LogP contribution >= 0.6 is 0 Å². The van der Waals surface area contributed by atoms with Crippen LogP contribution in [-0.4, -0.2) is 36.5 Å². The summed E-state index contributed by atoms with van der Waals surface area (Å²) in [5.41, 5.74) is 2.05. The van der Waals surface area contributed by atoms with Crippen LogP contribution in [-0.2, 0) is 4.79 Å². The number of rotatable bonds is 6. The second kappa shape index (κ2) is 9.93. The number of nitrogens with zero attached hydrogens (tertiary/aromatic N) is 1. The van der Waals surface area contributed by atoms with E-state index in [-0.39, 0.29) is 17.9 Å². The predicted molar refractivity (Wildman–Crippen MR) is 112 cm³/mol. The van der Waals surface area contributed by atoms with E-state index in [1.807, 2.05) is 48.5 Å². The molecule has 1 aliphatic heterocycles. The second-order valence-corrected chi connectivity index (χ2v) is 7.32. The Morgan fingerprint density at radius 1 is 1.00 bits per heavy atom. The molecule has 5 heteroatoms. The molecule has 1 heterocycles. The maximum Gasteiger partial charge on any atom is 0.321 e. The SMILES string of the molecule is CCC(CNC(=O)C1CCN(C(=O)Nc2ccccc2)CC1)c1ccccc1. The van der Waals surface area contributed by atoms with Gasteiger partial charge >= 0.3 is 6.03 Å². The first kappa shape index (κ1) is 19.9. The topological polar surface area (TPSA) is 61.4 Å². The Kier molecular flexibility index (Phi) is 7.06. The molecule has 28 heavy (non-hydrogen) atoms. The molecule has 2 aromatic rings. The maximum atomic E-state index is 12.6. The van der Waals surface area contributed by atoms with Crippen LogP contribution < -0.4 is 10.6 Å². The zero-order valence-electron chi connectivity index (χ0n) is 16.4. The zero-order chi connectivity index (χ0) is 19.8. The fourth-order valence-electron chi connectivity index (χ4n) is 3.66. The van der Waals surface area contributed by atoms with Gasteiger partial charge in [-0.25, -0.2) is 4.79 Å². The van der Waals surface area contributed by atoms with Gasteiger partial charge in [0.05, 0.1) is 0 Å². The number of amides is 3. The zero-order valence-corrected chi connectivity index (χ0v) is 16.4. The molecule has 2 N–H and O–H groups in total. The van der Waals surface area contributed by atoms with Crippen LogP contribution in [0.1, 0.15) is 37.7 Å². The first-order valence-corrected chi connectivity index (χ1v) is 10.1. The standard InChI is InChI=1S/C23H29N3O2/c1-2-18(19-9-5-3-6-10-19)17-24-22(27)20-13-15-26(16-14-20)23(28)25-21-11-7-4-8-12-21/h3-12,18,20H,2,13-17H2,1H3,(H,24,27)(H,25,28). The largest absolute Gasteiger partial charge is 0.355 e. The van der Waals surface area contributed by atoms with E-state index in [2.05, 4.69) is 29.7 Å². The fourth-order valence-corrected chi connectivity index (χ4v) is 3.66. The Labute approximate surface area is 167 Å². The van der Waals surface area contributed by atoms with E-state index in [0.717, 1.165) is 12.1 Å².